The molecule has 0 aromatic heterocycles. The number of anilines is 1. The van der Waals surface area contributed by atoms with Crippen LogP contribution in [0.2, 0.25) is 0 Å². The molecule has 1 saturated carbocycles. The third-order valence-electron chi connectivity index (χ3n) is 7.24. The number of piperidine rings is 1. The van der Waals surface area contributed by atoms with Crippen LogP contribution in [0.4, 0.5) is 5.69 Å². The Kier molecular flexibility index (Phi) is 5.56. The molecule has 1 saturated heterocycles. The van der Waals surface area contributed by atoms with E-state index in [1.54, 1.807) is 0 Å². The normalized spacial score (nSPS) is 25.2. The van der Waals surface area contributed by atoms with Gasteiger partial charge >= 0.3 is 0 Å². The van der Waals surface area contributed by atoms with E-state index in [0.717, 1.165) is 42.6 Å². The topological polar surface area (TPSA) is 50.4 Å². The van der Waals surface area contributed by atoms with Gasteiger partial charge in [-0.15, -0.1) is 0 Å². The summed E-state index contributed by atoms with van der Waals surface area (Å²) in [6.07, 6.45) is 4.75. The van der Waals surface area contributed by atoms with Crippen molar-refractivity contribution in [2.24, 2.45) is 5.92 Å². The maximum absolute atomic E-state index is 13.0. The Labute approximate surface area is 183 Å². The van der Waals surface area contributed by atoms with Crippen LogP contribution in [-0.4, -0.2) is 35.8 Å². The summed E-state index contributed by atoms with van der Waals surface area (Å²) >= 11 is -1.13. The Morgan fingerprint density at radius 3 is 2.63 bits per heavy atom. The van der Waals surface area contributed by atoms with Crippen molar-refractivity contribution in [3.8, 4) is 0 Å². The molecule has 30 heavy (non-hydrogen) atoms. The summed E-state index contributed by atoms with van der Waals surface area (Å²) in [4.78, 5) is 0.876. The van der Waals surface area contributed by atoms with E-state index in [1.807, 2.05) is 30.3 Å². The zero-order valence-electron chi connectivity index (χ0n) is 18.1. The number of nitrogens with one attached hydrogen (secondary N) is 2. The Bertz CT molecular complexity index is 881. The molecule has 0 amide bonds. The van der Waals surface area contributed by atoms with Gasteiger partial charge in [-0.2, -0.15) is 4.31 Å². The third kappa shape index (κ3) is 4.01. The van der Waals surface area contributed by atoms with Crippen LogP contribution in [0.25, 0.3) is 0 Å². The standard InChI is InChI=1S/C25H33N3OS/c1-25(2,20-10-13-26-14-11-20)27-23-17-22(23)18-8-9-24-19(16-18)12-15-28(24)30(29)21-6-4-3-5-7-21/h3-9,16,20,22-23,26-27H,10-15,17H2,1-2H3. The van der Waals surface area contributed by atoms with Crippen LogP contribution >= 0.6 is 0 Å². The molecule has 2 aromatic rings. The Morgan fingerprint density at radius 2 is 1.87 bits per heavy atom. The molecule has 4 nitrogen and oxygen atoms in total. The Balaban J connectivity index is 1.25. The number of nitrogens with zero attached hydrogens (tertiary/aromatic N) is 1. The van der Waals surface area contributed by atoms with Crippen LogP contribution in [0.5, 0.6) is 0 Å². The molecule has 3 aliphatic rings. The van der Waals surface area contributed by atoms with Crippen molar-refractivity contribution in [1.29, 1.82) is 0 Å². The maximum Gasteiger partial charge on any atom is 0.180 e. The first-order valence-electron chi connectivity index (χ1n) is 11.4. The predicted octanol–water partition coefficient (Wildman–Crippen LogP) is 4.00. The van der Waals surface area contributed by atoms with E-state index in [-0.39, 0.29) is 5.54 Å². The van der Waals surface area contributed by atoms with Crippen LogP contribution in [0.3, 0.4) is 0 Å². The average molecular weight is 424 g/mol. The lowest BCUT2D eigenvalue weighted by atomic mass is 9.80. The van der Waals surface area contributed by atoms with Crippen molar-refractivity contribution in [3.63, 3.8) is 0 Å². The van der Waals surface area contributed by atoms with Crippen LogP contribution in [0.15, 0.2) is 53.4 Å². The van der Waals surface area contributed by atoms with Crippen molar-refractivity contribution in [1.82, 2.24) is 10.6 Å². The molecular formula is C25H33N3OS. The molecule has 0 radical (unpaired) electrons. The van der Waals surface area contributed by atoms with E-state index < -0.39 is 11.4 Å². The molecule has 0 bridgehead atoms. The summed E-state index contributed by atoms with van der Waals surface area (Å²) in [7, 11) is 0. The second kappa shape index (κ2) is 8.19. The summed E-state index contributed by atoms with van der Waals surface area (Å²) in [6, 6.07) is 17.2. The number of fused-ring (bicyclic) bond motifs is 1. The van der Waals surface area contributed by atoms with Crippen molar-refractivity contribution >= 4 is 17.0 Å². The molecule has 1 aliphatic carbocycles. The summed E-state index contributed by atoms with van der Waals surface area (Å²) in [5.41, 5.74) is 4.13. The number of hydrogen-bond donors (Lipinski definition) is 2. The largest absolute Gasteiger partial charge is 0.588 e. The molecular weight excluding hydrogens is 390 g/mol. The molecule has 2 aliphatic heterocycles. The van der Waals surface area contributed by atoms with Crippen molar-refractivity contribution in [2.45, 2.75) is 61.9 Å². The van der Waals surface area contributed by atoms with Gasteiger partial charge < -0.3 is 15.2 Å². The van der Waals surface area contributed by atoms with Gasteiger partial charge in [-0.25, -0.2) is 0 Å². The smallest absolute Gasteiger partial charge is 0.180 e. The van der Waals surface area contributed by atoms with Gasteiger partial charge in [-0.05, 0) is 87.9 Å². The summed E-state index contributed by atoms with van der Waals surface area (Å²) in [5, 5.41) is 7.46. The van der Waals surface area contributed by atoms with Gasteiger partial charge in [0.25, 0.3) is 0 Å². The number of benzene rings is 2. The van der Waals surface area contributed by atoms with Gasteiger partial charge in [0.15, 0.2) is 4.90 Å². The van der Waals surface area contributed by atoms with Gasteiger partial charge in [-0.1, -0.05) is 30.3 Å². The molecule has 3 unspecified atom stereocenters. The van der Waals surface area contributed by atoms with Gasteiger partial charge in [0.1, 0.15) is 11.4 Å². The van der Waals surface area contributed by atoms with Crippen LogP contribution in [0, 0.1) is 5.92 Å². The molecule has 3 atom stereocenters. The minimum atomic E-state index is -1.13. The quantitative estimate of drug-likeness (QED) is 0.690. The molecule has 2 fully saturated rings. The van der Waals surface area contributed by atoms with E-state index in [2.05, 4.69) is 47.0 Å². The Morgan fingerprint density at radius 1 is 1.10 bits per heavy atom. The Hall–Kier alpha value is -1.53. The minimum absolute atomic E-state index is 0.196. The van der Waals surface area contributed by atoms with E-state index >= 15 is 0 Å². The zero-order valence-corrected chi connectivity index (χ0v) is 18.9. The van der Waals surface area contributed by atoms with Gasteiger partial charge in [0.2, 0.25) is 0 Å². The van der Waals surface area contributed by atoms with Crippen molar-refractivity contribution < 1.29 is 4.55 Å². The molecule has 5 rings (SSSR count). The average Bonchev–Trinajstić information content (AvgIpc) is 3.40. The van der Waals surface area contributed by atoms with Gasteiger partial charge in [0, 0.05) is 17.5 Å². The monoisotopic (exact) mass is 423 g/mol. The molecule has 2 heterocycles. The molecule has 160 valence electrons. The van der Waals surface area contributed by atoms with E-state index in [0.29, 0.717) is 12.0 Å². The lowest BCUT2D eigenvalue weighted by Gasteiger charge is -2.38. The molecule has 5 heteroatoms. The highest BCUT2D eigenvalue weighted by atomic mass is 32.2. The van der Waals surface area contributed by atoms with E-state index in [4.69, 9.17) is 0 Å². The van der Waals surface area contributed by atoms with Gasteiger partial charge in [-0.3, -0.25) is 0 Å². The minimum Gasteiger partial charge on any atom is -0.588 e. The second-order valence-electron chi connectivity index (χ2n) is 9.64. The van der Waals surface area contributed by atoms with Crippen LogP contribution in [0.1, 0.15) is 50.2 Å². The van der Waals surface area contributed by atoms with Crippen LogP contribution in [-0.2, 0) is 17.8 Å². The maximum atomic E-state index is 13.0. The highest BCUT2D eigenvalue weighted by Crippen LogP contribution is 2.45. The molecule has 2 aromatic carbocycles. The zero-order chi connectivity index (χ0) is 20.7. The highest BCUT2D eigenvalue weighted by Gasteiger charge is 2.44. The first-order chi connectivity index (χ1) is 14.5. The lowest BCUT2D eigenvalue weighted by molar-refractivity contribution is 0.200. The van der Waals surface area contributed by atoms with Crippen LogP contribution < -0.4 is 14.9 Å². The van der Waals surface area contributed by atoms with E-state index in [1.165, 1.54) is 30.4 Å². The van der Waals surface area contributed by atoms with E-state index in [9.17, 15) is 4.55 Å². The SMILES string of the molecule is CC(C)(NC1CC1c1ccc2c(c1)CCN2[S+]([O-])c1ccccc1)C1CCNCC1. The van der Waals surface area contributed by atoms with Crippen molar-refractivity contribution in [3.05, 3.63) is 59.7 Å². The van der Waals surface area contributed by atoms with Gasteiger partial charge in [0.05, 0.1) is 12.2 Å². The third-order valence-corrected chi connectivity index (χ3v) is 8.69. The summed E-state index contributed by atoms with van der Waals surface area (Å²) < 4.78 is 15.1. The summed E-state index contributed by atoms with van der Waals surface area (Å²) in [5.74, 6) is 1.37. The molecule has 2 N–H and O–H groups in total. The lowest BCUT2D eigenvalue weighted by Crippen LogP contribution is -2.50. The second-order valence-corrected chi connectivity index (χ2v) is 11.1. The first-order valence-corrected chi connectivity index (χ1v) is 12.5. The predicted molar refractivity (Wildman–Crippen MR) is 124 cm³/mol. The fraction of sp³-hybridized carbons (Fsp3) is 0.520. The summed E-state index contributed by atoms with van der Waals surface area (Å²) in [6.45, 7) is 7.90. The number of hydrogen-bond acceptors (Lipinski definition) is 4. The highest BCUT2D eigenvalue weighted by molar-refractivity contribution is 7.92. The van der Waals surface area contributed by atoms with Crippen molar-refractivity contribution in [2.75, 3.05) is 23.9 Å². The fourth-order valence-electron chi connectivity index (χ4n) is 5.32. The fourth-order valence-corrected chi connectivity index (χ4v) is 6.58. The first kappa shape index (κ1) is 20.4. The number of rotatable bonds is 6. The molecule has 0 spiro atoms.